The van der Waals surface area contributed by atoms with Crippen molar-refractivity contribution >= 4 is 29.9 Å². The summed E-state index contributed by atoms with van der Waals surface area (Å²) >= 11 is 0. The fourth-order valence-corrected chi connectivity index (χ4v) is 3.11. The second kappa shape index (κ2) is 12.5. The van der Waals surface area contributed by atoms with Crippen molar-refractivity contribution in [3.05, 3.63) is 35.9 Å². The van der Waals surface area contributed by atoms with E-state index in [9.17, 15) is 0 Å². The van der Waals surface area contributed by atoms with Crippen molar-refractivity contribution in [2.45, 2.75) is 32.1 Å². The molecule has 0 radical (unpaired) electrons. The molecule has 0 bridgehead atoms. The van der Waals surface area contributed by atoms with Gasteiger partial charge in [-0.1, -0.05) is 30.3 Å². The van der Waals surface area contributed by atoms with Gasteiger partial charge in [-0.2, -0.15) is 0 Å². The summed E-state index contributed by atoms with van der Waals surface area (Å²) in [5.74, 6) is 1.81. The van der Waals surface area contributed by atoms with E-state index in [0.29, 0.717) is 0 Å². The summed E-state index contributed by atoms with van der Waals surface area (Å²) in [6.45, 7) is 4.48. The normalized spacial score (nSPS) is 16.5. The van der Waals surface area contributed by atoms with E-state index in [1.165, 1.54) is 37.9 Å². The molecule has 24 heavy (non-hydrogen) atoms. The van der Waals surface area contributed by atoms with Gasteiger partial charge in [-0.3, -0.25) is 4.99 Å². The minimum absolute atomic E-state index is 0. The summed E-state index contributed by atoms with van der Waals surface area (Å²) < 4.78 is 0. The van der Waals surface area contributed by atoms with Crippen LogP contribution in [0.3, 0.4) is 0 Å². The van der Waals surface area contributed by atoms with Crippen molar-refractivity contribution in [1.82, 2.24) is 15.5 Å². The second-order valence-corrected chi connectivity index (χ2v) is 6.55. The molecule has 1 aromatic rings. The number of nitrogens with zero attached hydrogens (tertiary/aromatic N) is 2. The maximum absolute atomic E-state index is 4.31. The summed E-state index contributed by atoms with van der Waals surface area (Å²) in [7, 11) is 4.07. The molecule has 0 atom stereocenters. The fraction of sp³-hybridized carbons (Fsp3) is 0.632. The van der Waals surface area contributed by atoms with E-state index in [2.05, 4.69) is 57.9 Å². The number of nitrogens with one attached hydrogen (secondary N) is 2. The van der Waals surface area contributed by atoms with Gasteiger partial charge in [0.2, 0.25) is 0 Å². The van der Waals surface area contributed by atoms with Crippen LogP contribution in [0.1, 0.15) is 31.2 Å². The van der Waals surface area contributed by atoms with Gasteiger partial charge in [0.1, 0.15) is 0 Å². The van der Waals surface area contributed by atoms with E-state index in [4.69, 9.17) is 0 Å². The van der Waals surface area contributed by atoms with E-state index >= 15 is 0 Å². The van der Waals surface area contributed by atoms with Crippen molar-refractivity contribution in [3.63, 3.8) is 0 Å². The molecule has 0 unspecified atom stereocenters. The quantitative estimate of drug-likeness (QED) is 0.294. The van der Waals surface area contributed by atoms with Crippen molar-refractivity contribution in [2.75, 3.05) is 40.3 Å². The first-order valence-electron chi connectivity index (χ1n) is 8.95. The van der Waals surface area contributed by atoms with Crippen LogP contribution in [0, 0.1) is 5.92 Å². The molecule has 1 aliphatic rings. The van der Waals surface area contributed by atoms with Gasteiger partial charge in [0, 0.05) is 20.1 Å². The highest BCUT2D eigenvalue weighted by Crippen LogP contribution is 2.18. The predicted molar refractivity (Wildman–Crippen MR) is 114 cm³/mol. The number of guanidine groups is 1. The van der Waals surface area contributed by atoms with E-state index in [0.717, 1.165) is 37.8 Å². The molecule has 5 heteroatoms. The largest absolute Gasteiger partial charge is 0.356 e. The number of hydrogen-bond acceptors (Lipinski definition) is 2. The van der Waals surface area contributed by atoms with Crippen LogP contribution < -0.4 is 10.6 Å². The summed E-state index contributed by atoms with van der Waals surface area (Å²) in [6, 6.07) is 10.7. The van der Waals surface area contributed by atoms with Crippen LogP contribution in [0.25, 0.3) is 0 Å². The third-order valence-electron chi connectivity index (χ3n) is 4.68. The topological polar surface area (TPSA) is 39.7 Å². The Labute approximate surface area is 164 Å². The number of benzene rings is 1. The van der Waals surface area contributed by atoms with Crippen LogP contribution in [0.15, 0.2) is 35.3 Å². The van der Waals surface area contributed by atoms with Gasteiger partial charge in [0.05, 0.1) is 0 Å². The lowest BCUT2D eigenvalue weighted by Crippen LogP contribution is -2.39. The molecule has 1 aliphatic heterocycles. The molecule has 1 aromatic carbocycles. The lowest BCUT2D eigenvalue weighted by Gasteiger charge is -2.29. The number of aliphatic imine (C=N–C) groups is 1. The van der Waals surface area contributed by atoms with Gasteiger partial charge in [-0.15, -0.1) is 24.0 Å². The Morgan fingerprint density at radius 3 is 2.46 bits per heavy atom. The molecule has 1 saturated heterocycles. The summed E-state index contributed by atoms with van der Waals surface area (Å²) in [4.78, 5) is 6.74. The maximum Gasteiger partial charge on any atom is 0.190 e. The average molecular weight is 444 g/mol. The SMILES string of the molecule is CN=C(NCCCc1ccccc1)NCCC1CCN(C)CC1.I. The Hall–Kier alpha value is -0.820. The number of piperidine rings is 1. The summed E-state index contributed by atoms with van der Waals surface area (Å²) in [6.07, 6.45) is 6.15. The Kier molecular flexibility index (Phi) is 11.1. The van der Waals surface area contributed by atoms with E-state index < -0.39 is 0 Å². The predicted octanol–water partition coefficient (Wildman–Crippen LogP) is 3.13. The molecular formula is C19H33IN4. The molecule has 0 saturated carbocycles. The Balaban J connectivity index is 0.00000288. The first-order chi connectivity index (χ1) is 11.3. The lowest BCUT2D eigenvalue weighted by atomic mass is 9.94. The molecule has 0 aromatic heterocycles. The van der Waals surface area contributed by atoms with Crippen LogP contribution >= 0.6 is 24.0 Å². The molecule has 2 rings (SSSR count). The molecule has 4 nitrogen and oxygen atoms in total. The van der Waals surface area contributed by atoms with Gasteiger partial charge < -0.3 is 15.5 Å². The Morgan fingerprint density at radius 2 is 1.79 bits per heavy atom. The molecule has 0 aliphatic carbocycles. The standard InChI is InChI=1S/C19H32N4.HI/c1-20-19(21-13-6-9-17-7-4-3-5-8-17)22-14-10-18-11-15-23(2)16-12-18;/h3-5,7-8,18H,6,9-16H2,1-2H3,(H2,20,21,22);1H. The number of aryl methyl sites for hydroxylation is 1. The smallest absolute Gasteiger partial charge is 0.190 e. The van der Waals surface area contributed by atoms with Crippen LogP contribution in [-0.2, 0) is 6.42 Å². The van der Waals surface area contributed by atoms with Crippen molar-refractivity contribution in [2.24, 2.45) is 10.9 Å². The number of rotatable bonds is 7. The molecular weight excluding hydrogens is 411 g/mol. The van der Waals surface area contributed by atoms with Crippen LogP contribution in [0.4, 0.5) is 0 Å². The van der Waals surface area contributed by atoms with Gasteiger partial charge in [-0.25, -0.2) is 0 Å². The van der Waals surface area contributed by atoms with Crippen LogP contribution in [0.2, 0.25) is 0 Å². The Morgan fingerprint density at radius 1 is 1.12 bits per heavy atom. The molecule has 2 N–H and O–H groups in total. The van der Waals surface area contributed by atoms with E-state index in [1.54, 1.807) is 0 Å². The molecule has 136 valence electrons. The van der Waals surface area contributed by atoms with Gasteiger partial charge in [0.15, 0.2) is 5.96 Å². The van der Waals surface area contributed by atoms with E-state index in [1.807, 2.05) is 7.05 Å². The third kappa shape index (κ3) is 8.33. The molecule has 0 spiro atoms. The number of likely N-dealkylation sites (tertiary alicyclic amines) is 1. The number of hydrogen-bond donors (Lipinski definition) is 2. The average Bonchev–Trinajstić information content (AvgIpc) is 2.59. The zero-order valence-corrected chi connectivity index (χ0v) is 17.5. The monoisotopic (exact) mass is 444 g/mol. The fourth-order valence-electron chi connectivity index (χ4n) is 3.11. The summed E-state index contributed by atoms with van der Waals surface area (Å²) in [5.41, 5.74) is 1.40. The zero-order chi connectivity index (χ0) is 16.3. The summed E-state index contributed by atoms with van der Waals surface area (Å²) in [5, 5.41) is 6.87. The highest BCUT2D eigenvalue weighted by Gasteiger charge is 2.16. The molecule has 0 amide bonds. The minimum Gasteiger partial charge on any atom is -0.356 e. The van der Waals surface area contributed by atoms with Crippen LogP contribution in [0.5, 0.6) is 0 Å². The highest BCUT2D eigenvalue weighted by atomic mass is 127. The third-order valence-corrected chi connectivity index (χ3v) is 4.68. The van der Waals surface area contributed by atoms with Gasteiger partial charge in [-0.05, 0) is 63.7 Å². The second-order valence-electron chi connectivity index (χ2n) is 6.55. The first kappa shape index (κ1) is 21.2. The van der Waals surface area contributed by atoms with Crippen molar-refractivity contribution in [1.29, 1.82) is 0 Å². The van der Waals surface area contributed by atoms with Crippen LogP contribution in [-0.4, -0.2) is 51.1 Å². The lowest BCUT2D eigenvalue weighted by molar-refractivity contribution is 0.213. The highest BCUT2D eigenvalue weighted by molar-refractivity contribution is 14.0. The first-order valence-corrected chi connectivity index (χ1v) is 8.95. The Bertz CT molecular complexity index is 456. The van der Waals surface area contributed by atoms with E-state index in [-0.39, 0.29) is 24.0 Å². The van der Waals surface area contributed by atoms with Gasteiger partial charge >= 0.3 is 0 Å². The molecule has 1 heterocycles. The van der Waals surface area contributed by atoms with Crippen molar-refractivity contribution < 1.29 is 0 Å². The minimum atomic E-state index is 0. The van der Waals surface area contributed by atoms with Crippen molar-refractivity contribution in [3.8, 4) is 0 Å². The van der Waals surface area contributed by atoms with Gasteiger partial charge in [0.25, 0.3) is 0 Å². The zero-order valence-electron chi connectivity index (χ0n) is 15.1. The number of halogens is 1. The molecule has 1 fully saturated rings. The maximum atomic E-state index is 4.31.